The van der Waals surface area contributed by atoms with Gasteiger partial charge in [-0.2, -0.15) is 0 Å². The molecule has 1 atom stereocenters. The summed E-state index contributed by atoms with van der Waals surface area (Å²) in [5, 5.41) is 0. The maximum atomic E-state index is 2.75. The fraction of sp³-hybridized carbons (Fsp3) is 1.00. The van der Waals surface area contributed by atoms with Crippen LogP contribution in [0, 0.1) is 5.41 Å². The third-order valence-electron chi connectivity index (χ3n) is 4.60. The van der Waals surface area contributed by atoms with Crippen LogP contribution in [0.1, 0.15) is 91.9 Å². The van der Waals surface area contributed by atoms with Crippen molar-refractivity contribution in [2.45, 2.75) is 104 Å². The molecule has 1 fully saturated rings. The summed E-state index contributed by atoms with van der Waals surface area (Å²) in [5.41, 5.74) is 0.541. The molecule has 1 rings (SSSR count). The first-order valence-electron chi connectivity index (χ1n) is 8.42. The van der Waals surface area contributed by atoms with Crippen molar-refractivity contribution in [3.63, 3.8) is 0 Å². The Hall–Kier alpha value is 0.0649. The molecular weight excluding hydrogens is 215 g/mol. The van der Waals surface area contributed by atoms with Crippen molar-refractivity contribution in [1.29, 1.82) is 0 Å². The molecule has 0 aromatic heterocycles. The summed E-state index contributed by atoms with van der Waals surface area (Å²) in [6, 6.07) is 0. The lowest BCUT2D eigenvalue weighted by Gasteiger charge is -2.32. The van der Waals surface area contributed by atoms with Crippen LogP contribution in [0.15, 0.2) is 0 Å². The highest BCUT2D eigenvalue weighted by Gasteiger charge is 2.25. The predicted octanol–water partition coefficient (Wildman–Crippen LogP) is 6.25. The highest BCUT2D eigenvalue weighted by Crippen LogP contribution is 2.39. The summed E-state index contributed by atoms with van der Waals surface area (Å²) >= 11 is 0. The zero-order chi connectivity index (χ0) is 13.4. The van der Waals surface area contributed by atoms with E-state index in [0.717, 1.165) is 11.6 Å². The molecule has 0 bridgehead atoms. The maximum Gasteiger partial charge on any atom is 0.117 e. The molecule has 0 aromatic rings. The number of hydrogen-bond donors (Lipinski definition) is 0. The highest BCUT2D eigenvalue weighted by atomic mass is 14.2. The van der Waals surface area contributed by atoms with Gasteiger partial charge in [-0.15, -0.1) is 0 Å². The van der Waals surface area contributed by atoms with Crippen LogP contribution in [0.3, 0.4) is 0 Å². The average molecular weight is 249 g/mol. The highest BCUT2D eigenvalue weighted by molar-refractivity contribution is 6.39. The Balaban J connectivity index is 2.42. The average Bonchev–Trinajstić information content (AvgIpc) is 2.29. The van der Waals surface area contributed by atoms with Gasteiger partial charge >= 0.3 is 0 Å². The van der Waals surface area contributed by atoms with Gasteiger partial charge in [-0.25, -0.2) is 0 Å². The van der Waals surface area contributed by atoms with Crippen LogP contribution >= 0.6 is 0 Å². The Morgan fingerprint density at radius 1 is 1.06 bits per heavy atom. The molecule has 1 aliphatic rings. The molecule has 18 heavy (non-hydrogen) atoms. The van der Waals surface area contributed by atoms with Crippen molar-refractivity contribution in [2.75, 3.05) is 0 Å². The maximum absolute atomic E-state index is 2.75. The lowest BCUT2D eigenvalue weighted by Crippen LogP contribution is -2.21. The summed E-state index contributed by atoms with van der Waals surface area (Å²) < 4.78 is 0. The summed E-state index contributed by atoms with van der Waals surface area (Å²) in [6.07, 6.45) is 14.2. The molecule has 0 aliphatic heterocycles. The van der Waals surface area contributed by atoms with Crippen molar-refractivity contribution in [1.82, 2.24) is 0 Å². The Bertz CT molecular complexity index is 204. The van der Waals surface area contributed by atoms with Gasteiger partial charge < -0.3 is 0 Å². The summed E-state index contributed by atoms with van der Waals surface area (Å²) in [7, 11) is 2.75. The monoisotopic (exact) mass is 249 g/mol. The molecule has 1 radical (unpaired) electrons. The van der Waals surface area contributed by atoms with Crippen LogP contribution < -0.4 is 0 Å². The predicted molar refractivity (Wildman–Crippen MR) is 84.6 cm³/mol. The Morgan fingerprint density at radius 3 is 2.28 bits per heavy atom. The summed E-state index contributed by atoms with van der Waals surface area (Å²) in [5.74, 6) is 1.81. The molecule has 0 spiro atoms. The van der Waals surface area contributed by atoms with E-state index < -0.39 is 0 Å². The van der Waals surface area contributed by atoms with Crippen molar-refractivity contribution in [3.05, 3.63) is 0 Å². The Morgan fingerprint density at radius 2 is 1.72 bits per heavy atom. The topological polar surface area (TPSA) is 0 Å². The third-order valence-corrected chi connectivity index (χ3v) is 4.60. The number of hydrogen-bond acceptors (Lipinski definition) is 0. The van der Waals surface area contributed by atoms with Gasteiger partial charge in [0.05, 0.1) is 0 Å². The van der Waals surface area contributed by atoms with Crippen molar-refractivity contribution >= 4 is 7.28 Å². The van der Waals surface area contributed by atoms with Gasteiger partial charge in [0.1, 0.15) is 7.28 Å². The van der Waals surface area contributed by atoms with Gasteiger partial charge in [0, 0.05) is 0 Å². The Kier molecular flexibility index (Phi) is 7.41. The van der Waals surface area contributed by atoms with Gasteiger partial charge in [0.2, 0.25) is 0 Å². The van der Waals surface area contributed by atoms with Gasteiger partial charge in [0.25, 0.3) is 0 Å². The molecule has 0 amide bonds. The second kappa shape index (κ2) is 8.28. The standard InChI is InChI=1S/C17H34B/c1-5-10-16(14-17(3,4)13-6-2)18-15-11-8-7-9-12-15/h15-16H,5-14H2,1-4H3. The van der Waals surface area contributed by atoms with Gasteiger partial charge in [0.15, 0.2) is 0 Å². The van der Waals surface area contributed by atoms with E-state index >= 15 is 0 Å². The molecule has 0 heterocycles. The van der Waals surface area contributed by atoms with Gasteiger partial charge in [-0.3, -0.25) is 0 Å². The summed E-state index contributed by atoms with van der Waals surface area (Å²) in [6.45, 7) is 9.59. The molecule has 0 saturated heterocycles. The van der Waals surface area contributed by atoms with E-state index in [2.05, 4.69) is 35.0 Å². The molecule has 0 N–H and O–H groups in total. The van der Waals surface area contributed by atoms with E-state index in [1.54, 1.807) is 0 Å². The van der Waals surface area contributed by atoms with E-state index in [-0.39, 0.29) is 0 Å². The molecule has 1 saturated carbocycles. The second-order valence-electron chi connectivity index (χ2n) is 7.26. The van der Waals surface area contributed by atoms with Crippen molar-refractivity contribution < 1.29 is 0 Å². The zero-order valence-corrected chi connectivity index (χ0v) is 13.3. The lowest BCUT2D eigenvalue weighted by atomic mass is 9.48. The van der Waals surface area contributed by atoms with Crippen LogP contribution in [0.4, 0.5) is 0 Å². The normalized spacial score (nSPS) is 19.8. The SMILES string of the molecule is CCCC([B]C1CCCCC1)CC(C)(C)CCC. The van der Waals surface area contributed by atoms with Crippen LogP contribution in [-0.2, 0) is 0 Å². The fourth-order valence-electron chi connectivity index (χ4n) is 3.84. The van der Waals surface area contributed by atoms with E-state index in [0.29, 0.717) is 5.41 Å². The minimum atomic E-state index is 0.541. The van der Waals surface area contributed by atoms with Crippen molar-refractivity contribution in [2.24, 2.45) is 5.41 Å². The largest absolute Gasteiger partial charge is 0.117 e. The van der Waals surface area contributed by atoms with E-state index in [4.69, 9.17) is 0 Å². The smallest absolute Gasteiger partial charge is 0.0686 e. The second-order valence-corrected chi connectivity index (χ2v) is 7.26. The van der Waals surface area contributed by atoms with E-state index in [1.807, 2.05) is 0 Å². The molecule has 1 heteroatoms. The molecule has 1 aliphatic carbocycles. The molecule has 1 unspecified atom stereocenters. The molecule has 0 nitrogen and oxygen atoms in total. The Labute approximate surface area is 117 Å². The van der Waals surface area contributed by atoms with E-state index in [1.165, 1.54) is 64.2 Å². The molecule has 105 valence electrons. The van der Waals surface area contributed by atoms with Crippen molar-refractivity contribution in [3.8, 4) is 0 Å². The lowest BCUT2D eigenvalue weighted by molar-refractivity contribution is 0.290. The minimum Gasteiger partial charge on any atom is -0.0686 e. The van der Waals surface area contributed by atoms with Gasteiger partial charge in [-0.1, -0.05) is 97.1 Å². The third kappa shape index (κ3) is 6.30. The quantitative estimate of drug-likeness (QED) is 0.446. The fourth-order valence-corrected chi connectivity index (χ4v) is 3.84. The van der Waals surface area contributed by atoms with Crippen LogP contribution in [0.25, 0.3) is 0 Å². The van der Waals surface area contributed by atoms with Gasteiger partial charge in [-0.05, 0) is 11.8 Å². The first-order valence-corrected chi connectivity index (χ1v) is 8.42. The van der Waals surface area contributed by atoms with Crippen LogP contribution in [0.2, 0.25) is 11.6 Å². The molecular formula is C17H34B. The zero-order valence-electron chi connectivity index (χ0n) is 13.3. The number of rotatable bonds is 8. The minimum absolute atomic E-state index is 0.541. The molecule has 0 aromatic carbocycles. The van der Waals surface area contributed by atoms with E-state index in [9.17, 15) is 0 Å². The first-order chi connectivity index (χ1) is 8.57. The summed E-state index contributed by atoms with van der Waals surface area (Å²) in [4.78, 5) is 0. The van der Waals surface area contributed by atoms with Crippen LogP contribution in [-0.4, -0.2) is 7.28 Å². The van der Waals surface area contributed by atoms with Crippen LogP contribution in [0.5, 0.6) is 0 Å². The first kappa shape index (κ1) is 16.1.